The molecule has 7 heteroatoms. The SMILES string of the molecule is Cc1cncc(-c2nc(CC(N)=O)nn2CC(C)(C)O)c1. The molecule has 112 valence electrons. The number of aryl methyl sites for hydroxylation is 1. The number of carbonyl (C=O) groups excluding carboxylic acids is 1. The van der Waals surface area contributed by atoms with Gasteiger partial charge in [-0.05, 0) is 32.4 Å². The van der Waals surface area contributed by atoms with Crippen LogP contribution in [0.2, 0.25) is 0 Å². The second-order valence-electron chi connectivity index (χ2n) is 5.72. The Kier molecular flexibility index (Phi) is 4.04. The number of rotatable bonds is 5. The van der Waals surface area contributed by atoms with E-state index in [2.05, 4.69) is 15.1 Å². The van der Waals surface area contributed by atoms with Gasteiger partial charge in [-0.25, -0.2) is 9.67 Å². The molecule has 0 atom stereocenters. The highest BCUT2D eigenvalue weighted by atomic mass is 16.3. The summed E-state index contributed by atoms with van der Waals surface area (Å²) in [6.07, 6.45) is 3.38. The van der Waals surface area contributed by atoms with E-state index in [1.165, 1.54) is 0 Å². The van der Waals surface area contributed by atoms with Crippen molar-refractivity contribution in [3.63, 3.8) is 0 Å². The fourth-order valence-electron chi connectivity index (χ4n) is 1.99. The Balaban J connectivity index is 2.46. The summed E-state index contributed by atoms with van der Waals surface area (Å²) in [5.74, 6) is 0.400. The maximum Gasteiger partial charge on any atom is 0.225 e. The average molecular weight is 289 g/mol. The van der Waals surface area contributed by atoms with Gasteiger partial charge in [0, 0.05) is 18.0 Å². The van der Waals surface area contributed by atoms with Crippen LogP contribution in [0.3, 0.4) is 0 Å². The Bertz CT molecular complexity index is 658. The molecule has 21 heavy (non-hydrogen) atoms. The fourth-order valence-corrected chi connectivity index (χ4v) is 1.99. The highest BCUT2D eigenvalue weighted by Crippen LogP contribution is 2.19. The second-order valence-corrected chi connectivity index (χ2v) is 5.72. The molecule has 0 aromatic carbocycles. The molecule has 2 aromatic rings. The highest BCUT2D eigenvalue weighted by Gasteiger charge is 2.20. The van der Waals surface area contributed by atoms with Crippen LogP contribution in [0.1, 0.15) is 25.2 Å². The van der Waals surface area contributed by atoms with Crippen molar-refractivity contribution < 1.29 is 9.90 Å². The number of aromatic nitrogens is 4. The standard InChI is InChI=1S/C14H19N5O2/c1-9-4-10(7-16-6-9)13-17-12(5-11(15)20)18-19(13)8-14(2,3)21/h4,6-7,21H,5,8H2,1-3H3,(H2,15,20). The second kappa shape index (κ2) is 5.61. The molecule has 0 bridgehead atoms. The van der Waals surface area contributed by atoms with Gasteiger partial charge in [-0.2, -0.15) is 5.10 Å². The van der Waals surface area contributed by atoms with Gasteiger partial charge in [-0.3, -0.25) is 9.78 Å². The third-order valence-electron chi connectivity index (χ3n) is 2.72. The molecular weight excluding hydrogens is 270 g/mol. The number of hydrogen-bond acceptors (Lipinski definition) is 5. The summed E-state index contributed by atoms with van der Waals surface area (Å²) >= 11 is 0. The first-order valence-electron chi connectivity index (χ1n) is 6.61. The molecule has 0 aliphatic carbocycles. The zero-order valence-electron chi connectivity index (χ0n) is 12.4. The zero-order valence-corrected chi connectivity index (χ0v) is 12.4. The molecule has 1 amide bonds. The number of aliphatic hydroxyl groups is 1. The minimum absolute atomic E-state index is 0.0366. The molecule has 3 N–H and O–H groups in total. The molecule has 2 heterocycles. The van der Waals surface area contributed by atoms with E-state index in [0.29, 0.717) is 11.6 Å². The van der Waals surface area contributed by atoms with Gasteiger partial charge in [0.2, 0.25) is 5.91 Å². The summed E-state index contributed by atoms with van der Waals surface area (Å²) in [6.45, 7) is 5.54. The van der Waals surface area contributed by atoms with Crippen molar-refractivity contribution >= 4 is 5.91 Å². The van der Waals surface area contributed by atoms with Gasteiger partial charge in [0.25, 0.3) is 0 Å². The topological polar surface area (TPSA) is 107 Å². The molecule has 0 aliphatic rings. The van der Waals surface area contributed by atoms with Crippen molar-refractivity contribution in [1.82, 2.24) is 19.7 Å². The van der Waals surface area contributed by atoms with E-state index in [-0.39, 0.29) is 13.0 Å². The molecule has 0 radical (unpaired) electrons. The van der Waals surface area contributed by atoms with E-state index in [4.69, 9.17) is 5.73 Å². The Morgan fingerprint density at radius 3 is 2.71 bits per heavy atom. The van der Waals surface area contributed by atoms with Crippen molar-refractivity contribution in [3.8, 4) is 11.4 Å². The number of primary amides is 1. The van der Waals surface area contributed by atoms with Crippen molar-refractivity contribution in [2.24, 2.45) is 5.73 Å². The zero-order chi connectivity index (χ0) is 15.6. The molecule has 2 aromatic heterocycles. The number of pyridine rings is 1. The number of nitrogens with two attached hydrogens (primary N) is 1. The van der Waals surface area contributed by atoms with Crippen LogP contribution in [0.4, 0.5) is 0 Å². The maximum absolute atomic E-state index is 11.0. The number of nitrogens with zero attached hydrogens (tertiary/aromatic N) is 4. The fraction of sp³-hybridized carbons (Fsp3) is 0.429. The Morgan fingerprint density at radius 1 is 1.43 bits per heavy atom. The number of hydrogen-bond donors (Lipinski definition) is 2. The molecule has 0 saturated carbocycles. The van der Waals surface area contributed by atoms with Crippen LogP contribution in [0.15, 0.2) is 18.5 Å². The van der Waals surface area contributed by atoms with Gasteiger partial charge in [-0.1, -0.05) is 0 Å². The van der Waals surface area contributed by atoms with E-state index in [9.17, 15) is 9.90 Å². The summed E-state index contributed by atoms with van der Waals surface area (Å²) < 4.78 is 1.58. The monoisotopic (exact) mass is 289 g/mol. The Hall–Kier alpha value is -2.28. The first kappa shape index (κ1) is 15.1. The highest BCUT2D eigenvalue weighted by molar-refractivity contribution is 5.75. The van der Waals surface area contributed by atoms with Gasteiger partial charge in [0.05, 0.1) is 18.6 Å². The van der Waals surface area contributed by atoms with E-state index in [1.807, 2.05) is 13.0 Å². The van der Waals surface area contributed by atoms with Crippen molar-refractivity contribution in [1.29, 1.82) is 0 Å². The molecule has 7 nitrogen and oxygen atoms in total. The summed E-state index contributed by atoms with van der Waals surface area (Å²) in [7, 11) is 0. The molecule has 0 unspecified atom stereocenters. The summed E-state index contributed by atoms with van der Waals surface area (Å²) in [4.78, 5) is 19.5. The van der Waals surface area contributed by atoms with Crippen LogP contribution in [0, 0.1) is 6.92 Å². The van der Waals surface area contributed by atoms with Crippen molar-refractivity contribution in [2.75, 3.05) is 0 Å². The van der Waals surface area contributed by atoms with E-state index < -0.39 is 11.5 Å². The van der Waals surface area contributed by atoms with E-state index >= 15 is 0 Å². The van der Waals surface area contributed by atoms with Crippen molar-refractivity contribution in [2.45, 2.75) is 39.3 Å². The predicted molar refractivity (Wildman–Crippen MR) is 77.2 cm³/mol. The van der Waals surface area contributed by atoms with Crippen LogP contribution in [0.5, 0.6) is 0 Å². The predicted octanol–water partition coefficient (Wildman–Crippen LogP) is 0.447. The first-order chi connectivity index (χ1) is 9.74. The summed E-state index contributed by atoms with van der Waals surface area (Å²) in [5, 5.41) is 14.3. The van der Waals surface area contributed by atoms with Gasteiger partial charge < -0.3 is 10.8 Å². The molecular formula is C14H19N5O2. The van der Waals surface area contributed by atoms with Crippen LogP contribution < -0.4 is 5.73 Å². The van der Waals surface area contributed by atoms with Crippen molar-refractivity contribution in [3.05, 3.63) is 29.8 Å². The lowest BCUT2D eigenvalue weighted by atomic mass is 10.1. The summed E-state index contributed by atoms with van der Waals surface area (Å²) in [6, 6.07) is 1.92. The molecule has 0 spiro atoms. The van der Waals surface area contributed by atoms with E-state index in [0.717, 1.165) is 11.1 Å². The summed E-state index contributed by atoms with van der Waals surface area (Å²) in [5.41, 5.74) is 6.00. The number of carbonyl (C=O) groups is 1. The third-order valence-corrected chi connectivity index (χ3v) is 2.72. The maximum atomic E-state index is 11.0. The van der Waals surface area contributed by atoms with Gasteiger partial charge in [0.1, 0.15) is 0 Å². The van der Waals surface area contributed by atoms with Crippen LogP contribution >= 0.6 is 0 Å². The number of amides is 1. The van der Waals surface area contributed by atoms with Gasteiger partial charge in [-0.15, -0.1) is 0 Å². The lowest BCUT2D eigenvalue weighted by molar-refractivity contribution is -0.117. The largest absolute Gasteiger partial charge is 0.389 e. The smallest absolute Gasteiger partial charge is 0.225 e. The quantitative estimate of drug-likeness (QED) is 0.831. The van der Waals surface area contributed by atoms with Crippen LogP contribution in [0.25, 0.3) is 11.4 Å². The molecule has 0 saturated heterocycles. The van der Waals surface area contributed by atoms with Gasteiger partial charge in [0.15, 0.2) is 11.6 Å². The normalized spacial score (nSPS) is 11.6. The average Bonchev–Trinajstić information content (AvgIpc) is 2.68. The minimum Gasteiger partial charge on any atom is -0.389 e. The Labute approximate surface area is 122 Å². The molecule has 0 aliphatic heterocycles. The van der Waals surface area contributed by atoms with Crippen LogP contribution in [-0.4, -0.2) is 36.4 Å². The lowest BCUT2D eigenvalue weighted by Gasteiger charge is -2.18. The lowest BCUT2D eigenvalue weighted by Crippen LogP contribution is -2.27. The third kappa shape index (κ3) is 4.09. The minimum atomic E-state index is -0.955. The van der Waals surface area contributed by atoms with Crippen LogP contribution in [-0.2, 0) is 17.8 Å². The molecule has 2 rings (SSSR count). The Morgan fingerprint density at radius 2 is 2.14 bits per heavy atom. The molecule has 0 fully saturated rings. The van der Waals surface area contributed by atoms with Gasteiger partial charge >= 0.3 is 0 Å². The van der Waals surface area contributed by atoms with E-state index in [1.54, 1.807) is 30.9 Å². The first-order valence-corrected chi connectivity index (χ1v) is 6.61.